The lowest BCUT2D eigenvalue weighted by Crippen LogP contribution is -2.27. The largest absolute Gasteiger partial charge is 0.868 e. The van der Waals surface area contributed by atoms with Crippen LogP contribution in [0.3, 0.4) is 0 Å². The zero-order valence-corrected chi connectivity index (χ0v) is 11.9. The monoisotopic (exact) mass is 270 g/mol. The van der Waals surface area contributed by atoms with E-state index in [1.54, 1.807) is 23.8 Å². The second-order valence-electron chi connectivity index (χ2n) is 4.59. The van der Waals surface area contributed by atoms with E-state index in [1.165, 1.54) is 6.20 Å². The van der Waals surface area contributed by atoms with Crippen molar-refractivity contribution in [3.8, 4) is 5.75 Å². The molecule has 4 heteroatoms. The highest BCUT2D eigenvalue weighted by atomic mass is 16.5. The van der Waals surface area contributed by atoms with E-state index in [2.05, 4.69) is 0 Å². The topological polar surface area (TPSA) is 39.4 Å². The van der Waals surface area contributed by atoms with Crippen LogP contribution in [0.15, 0.2) is 48.8 Å². The fraction of sp³-hybridized carbons (Fsp3) is 0.188. The van der Waals surface area contributed by atoms with E-state index in [9.17, 15) is 5.11 Å². The quantitative estimate of drug-likeness (QED) is 0.622. The molecule has 0 aliphatic carbocycles. The van der Waals surface area contributed by atoms with Crippen molar-refractivity contribution in [1.29, 1.82) is 0 Å². The summed E-state index contributed by atoms with van der Waals surface area (Å²) in [6, 6.07) is 11.1. The minimum absolute atomic E-state index is 0.0925. The van der Waals surface area contributed by atoms with Crippen LogP contribution < -0.4 is 19.3 Å². The molecule has 0 saturated heterocycles. The van der Waals surface area contributed by atoms with E-state index < -0.39 is 0 Å². The molecule has 0 atom stereocenters. The number of anilines is 1. The van der Waals surface area contributed by atoms with Crippen molar-refractivity contribution < 1.29 is 14.4 Å². The molecule has 1 heterocycles. The summed E-state index contributed by atoms with van der Waals surface area (Å²) < 4.78 is 6.94. The fourth-order valence-electron chi connectivity index (χ4n) is 1.87. The van der Waals surface area contributed by atoms with Crippen LogP contribution in [-0.4, -0.2) is 21.2 Å². The second kappa shape index (κ2) is 6.10. The van der Waals surface area contributed by atoms with Crippen molar-refractivity contribution in [2.75, 3.05) is 26.1 Å². The number of ether oxygens (including phenoxy) is 1. The Morgan fingerprint density at radius 2 is 1.80 bits per heavy atom. The molecule has 0 N–H and O–H groups in total. The van der Waals surface area contributed by atoms with Gasteiger partial charge >= 0.3 is 0 Å². The van der Waals surface area contributed by atoms with Crippen LogP contribution in [-0.2, 0) is 0 Å². The van der Waals surface area contributed by atoms with Crippen molar-refractivity contribution in [2.45, 2.75) is 0 Å². The first-order valence-corrected chi connectivity index (χ1v) is 6.32. The van der Waals surface area contributed by atoms with Crippen molar-refractivity contribution >= 4 is 17.6 Å². The first kappa shape index (κ1) is 13.9. The maximum absolute atomic E-state index is 12.2. The lowest BCUT2D eigenvalue weighted by molar-refractivity contribution is -0.569. The highest BCUT2D eigenvalue weighted by Crippen LogP contribution is 2.21. The molecule has 0 aliphatic rings. The molecule has 0 fully saturated rings. The molecule has 0 amide bonds. The van der Waals surface area contributed by atoms with Crippen molar-refractivity contribution in [2.24, 2.45) is 0 Å². The Labute approximate surface area is 119 Å². The lowest BCUT2D eigenvalue weighted by Gasteiger charge is -2.13. The average Bonchev–Trinajstić information content (AvgIpc) is 2.47. The lowest BCUT2D eigenvalue weighted by atomic mass is 10.1. The smallest absolute Gasteiger partial charge is 0.176 e. The normalized spacial score (nSPS) is 11.2. The molecule has 104 valence electrons. The number of nitrogens with zero attached hydrogens (tertiary/aromatic N) is 2. The van der Waals surface area contributed by atoms with Gasteiger partial charge in [0.15, 0.2) is 18.6 Å². The van der Waals surface area contributed by atoms with E-state index in [4.69, 9.17) is 4.74 Å². The molecule has 0 aliphatic heterocycles. The van der Waals surface area contributed by atoms with Gasteiger partial charge in [-0.15, -0.1) is 0 Å². The summed E-state index contributed by atoms with van der Waals surface area (Å²) in [4.78, 5) is 2.01. The number of hydrogen-bond acceptors (Lipinski definition) is 3. The third-order valence-electron chi connectivity index (χ3n) is 2.99. The number of pyridine rings is 1. The van der Waals surface area contributed by atoms with Crippen LogP contribution in [0, 0.1) is 0 Å². The summed E-state index contributed by atoms with van der Waals surface area (Å²) in [5, 5.41) is 12.2. The summed E-state index contributed by atoms with van der Waals surface area (Å²) in [6.07, 6.45) is 5.24. The molecule has 1 aromatic carbocycles. The van der Waals surface area contributed by atoms with Gasteiger partial charge in [0, 0.05) is 37.5 Å². The Morgan fingerprint density at radius 3 is 2.40 bits per heavy atom. The van der Waals surface area contributed by atoms with E-state index in [-0.39, 0.29) is 5.76 Å². The molecule has 2 aromatic rings. The Morgan fingerprint density at radius 1 is 1.15 bits per heavy atom. The number of hydrogen-bond donors (Lipinski definition) is 0. The minimum Gasteiger partial charge on any atom is -0.868 e. The average molecular weight is 270 g/mol. The molecule has 0 unspecified atom stereocenters. The molecule has 4 nitrogen and oxygen atoms in total. The van der Waals surface area contributed by atoms with Gasteiger partial charge in [-0.25, -0.2) is 0 Å². The Balaban J connectivity index is 2.30. The Hall–Kier alpha value is -2.49. The molecule has 0 bridgehead atoms. The Kier molecular flexibility index (Phi) is 4.25. The van der Waals surface area contributed by atoms with Gasteiger partial charge in [-0.05, 0) is 11.8 Å². The number of benzene rings is 1. The highest BCUT2D eigenvalue weighted by molar-refractivity contribution is 5.69. The second-order valence-corrected chi connectivity index (χ2v) is 4.59. The predicted molar refractivity (Wildman–Crippen MR) is 78.1 cm³/mol. The van der Waals surface area contributed by atoms with Crippen LogP contribution >= 0.6 is 0 Å². The molecule has 0 radical (unpaired) electrons. The SMILES string of the molecule is COc1ccccc1/C([O-])=C/[n+]1ccc(N(C)C)cc1. The van der Waals surface area contributed by atoms with Gasteiger partial charge in [-0.2, -0.15) is 4.57 Å². The molecule has 2 rings (SSSR count). The van der Waals surface area contributed by atoms with Gasteiger partial charge in [0.1, 0.15) is 5.75 Å². The van der Waals surface area contributed by atoms with E-state index in [0.29, 0.717) is 11.3 Å². The third kappa shape index (κ3) is 3.09. The van der Waals surface area contributed by atoms with E-state index in [1.807, 2.05) is 55.7 Å². The highest BCUT2D eigenvalue weighted by Gasteiger charge is 2.04. The summed E-state index contributed by atoms with van der Waals surface area (Å²) in [7, 11) is 5.51. The molecular formula is C16H18N2O2. The molecule has 1 aromatic heterocycles. The summed E-state index contributed by atoms with van der Waals surface area (Å²) in [6.45, 7) is 0. The third-order valence-corrected chi connectivity index (χ3v) is 2.99. The number of aromatic nitrogens is 1. The number of rotatable bonds is 4. The van der Waals surface area contributed by atoms with Crippen LogP contribution in [0.1, 0.15) is 5.56 Å². The summed E-state index contributed by atoms with van der Waals surface area (Å²) in [5.74, 6) is 0.490. The Bertz CT molecular complexity index is 604. The van der Waals surface area contributed by atoms with Crippen LogP contribution in [0.5, 0.6) is 5.75 Å². The maximum Gasteiger partial charge on any atom is 0.176 e. The van der Waals surface area contributed by atoms with Gasteiger partial charge in [-0.1, -0.05) is 18.2 Å². The zero-order valence-electron chi connectivity index (χ0n) is 11.9. The standard InChI is InChI=1S/C16H18N2O2/c1-17(2)13-8-10-18(11-9-13)12-15(19)14-6-4-5-7-16(14)20-3/h4-12H,1-3H3/b15-12-. The zero-order chi connectivity index (χ0) is 14.5. The molecule has 0 spiro atoms. The molecular weight excluding hydrogens is 252 g/mol. The summed E-state index contributed by atoms with van der Waals surface area (Å²) >= 11 is 0. The minimum atomic E-state index is -0.0925. The van der Waals surface area contributed by atoms with Crippen LogP contribution in [0.25, 0.3) is 12.0 Å². The van der Waals surface area contributed by atoms with Crippen molar-refractivity contribution in [3.05, 3.63) is 54.4 Å². The van der Waals surface area contributed by atoms with Crippen LogP contribution in [0.4, 0.5) is 5.69 Å². The number of para-hydroxylation sites is 1. The van der Waals surface area contributed by atoms with E-state index >= 15 is 0 Å². The van der Waals surface area contributed by atoms with Gasteiger partial charge in [0.05, 0.1) is 7.11 Å². The number of methoxy groups -OCH3 is 1. The van der Waals surface area contributed by atoms with Crippen LogP contribution in [0.2, 0.25) is 0 Å². The first-order chi connectivity index (χ1) is 9.61. The van der Waals surface area contributed by atoms with Gasteiger partial charge in [0.2, 0.25) is 0 Å². The fourth-order valence-corrected chi connectivity index (χ4v) is 1.87. The molecule has 0 saturated carbocycles. The van der Waals surface area contributed by atoms with Gasteiger partial charge < -0.3 is 14.7 Å². The van der Waals surface area contributed by atoms with E-state index in [0.717, 1.165) is 5.69 Å². The van der Waals surface area contributed by atoms with Crippen molar-refractivity contribution in [1.82, 2.24) is 0 Å². The summed E-state index contributed by atoms with van der Waals surface area (Å²) in [5.41, 5.74) is 1.64. The first-order valence-electron chi connectivity index (χ1n) is 6.32. The van der Waals surface area contributed by atoms with Gasteiger partial charge in [0.25, 0.3) is 0 Å². The van der Waals surface area contributed by atoms with Crippen molar-refractivity contribution in [3.63, 3.8) is 0 Å². The molecule has 20 heavy (non-hydrogen) atoms. The predicted octanol–water partition coefficient (Wildman–Crippen LogP) is 1.36. The van der Waals surface area contributed by atoms with Gasteiger partial charge in [-0.3, -0.25) is 0 Å². The maximum atomic E-state index is 12.2.